The van der Waals surface area contributed by atoms with Crippen molar-refractivity contribution < 1.29 is 42.7 Å². The third-order valence-corrected chi connectivity index (χ3v) is 6.93. The lowest BCUT2D eigenvalue weighted by Gasteiger charge is -2.21. The van der Waals surface area contributed by atoms with Gasteiger partial charge in [-0.05, 0) is 62.6 Å². The third-order valence-electron chi connectivity index (χ3n) is 6.93. The molecule has 1 saturated heterocycles. The van der Waals surface area contributed by atoms with Crippen molar-refractivity contribution in [2.75, 3.05) is 21.0 Å². The first-order valence-electron chi connectivity index (χ1n) is 13.6. The smallest absolute Gasteiger partial charge is 0.342 e. The van der Waals surface area contributed by atoms with Crippen LogP contribution < -0.4 is 14.2 Å². The number of hydrogen-bond donors (Lipinski definition) is 0. The highest BCUT2D eigenvalue weighted by atomic mass is 16.8. The maximum Gasteiger partial charge on any atom is 0.342 e. The Bertz CT molecular complexity index is 1280. The number of methoxy groups -OCH3 is 2. The van der Waals surface area contributed by atoms with Crippen LogP contribution in [0.4, 0.5) is 0 Å². The number of ether oxygens (including phenoxy) is 7. The van der Waals surface area contributed by atoms with E-state index >= 15 is 0 Å². The molecule has 2 aromatic carbocycles. The van der Waals surface area contributed by atoms with E-state index in [1.54, 1.807) is 52.2 Å². The molecule has 9 heteroatoms. The predicted molar refractivity (Wildman–Crippen MR) is 152 cm³/mol. The van der Waals surface area contributed by atoms with Crippen molar-refractivity contribution in [1.82, 2.24) is 0 Å². The minimum absolute atomic E-state index is 0.0772. The van der Waals surface area contributed by atoms with Gasteiger partial charge in [0.15, 0.2) is 18.4 Å². The third kappa shape index (κ3) is 7.75. The predicted octanol–water partition coefficient (Wildman–Crippen LogP) is 5.50. The van der Waals surface area contributed by atoms with E-state index in [0.29, 0.717) is 17.7 Å². The first-order valence-corrected chi connectivity index (χ1v) is 13.6. The summed E-state index contributed by atoms with van der Waals surface area (Å²) in [4.78, 5) is 26.5. The van der Waals surface area contributed by atoms with Gasteiger partial charge < -0.3 is 33.2 Å². The Hall–Kier alpha value is -3.66. The molecular formula is C32H38O9. The molecule has 4 rings (SSSR count). The largest absolute Gasteiger partial charge is 0.497 e. The Kier molecular flexibility index (Phi) is 9.86. The van der Waals surface area contributed by atoms with E-state index in [2.05, 4.69) is 0 Å². The van der Waals surface area contributed by atoms with Crippen molar-refractivity contribution in [3.8, 4) is 17.2 Å². The van der Waals surface area contributed by atoms with Crippen molar-refractivity contribution in [2.24, 2.45) is 5.92 Å². The summed E-state index contributed by atoms with van der Waals surface area (Å²) in [5, 5.41) is 0. The number of hydrogen-bond acceptors (Lipinski definition) is 9. The molecule has 1 fully saturated rings. The van der Waals surface area contributed by atoms with Crippen molar-refractivity contribution in [3.63, 3.8) is 0 Å². The van der Waals surface area contributed by atoms with Crippen LogP contribution in [0.15, 0.2) is 54.6 Å². The van der Waals surface area contributed by atoms with Crippen LogP contribution in [-0.4, -0.2) is 56.9 Å². The molecule has 0 aromatic heterocycles. The molecule has 0 spiro atoms. The van der Waals surface area contributed by atoms with Crippen LogP contribution in [-0.2, 0) is 30.3 Å². The van der Waals surface area contributed by atoms with Crippen LogP contribution in [0.5, 0.6) is 17.2 Å². The second-order valence-electron chi connectivity index (χ2n) is 10.5. The summed E-state index contributed by atoms with van der Waals surface area (Å²) in [5.41, 5.74) is 1.71. The zero-order valence-electron chi connectivity index (χ0n) is 24.4. The van der Waals surface area contributed by atoms with E-state index < -0.39 is 30.1 Å². The van der Waals surface area contributed by atoms with E-state index in [1.807, 2.05) is 37.3 Å². The molecular weight excluding hydrogens is 528 g/mol. The van der Waals surface area contributed by atoms with Gasteiger partial charge in [0.25, 0.3) is 0 Å². The van der Waals surface area contributed by atoms with Gasteiger partial charge in [-0.2, -0.15) is 0 Å². The molecule has 9 nitrogen and oxygen atoms in total. The van der Waals surface area contributed by atoms with Gasteiger partial charge in [-0.3, -0.25) is 4.79 Å². The number of fused-ring (bicyclic) bond motifs is 2. The number of benzene rings is 2. The monoisotopic (exact) mass is 566 g/mol. The maximum absolute atomic E-state index is 13.5. The number of ketones is 1. The molecule has 220 valence electrons. The Morgan fingerprint density at radius 2 is 1.71 bits per heavy atom. The molecule has 0 amide bonds. The first-order chi connectivity index (χ1) is 19.6. The molecule has 0 radical (unpaired) electrons. The highest BCUT2D eigenvalue weighted by Gasteiger charge is 2.43. The van der Waals surface area contributed by atoms with Crippen LogP contribution >= 0.6 is 0 Å². The van der Waals surface area contributed by atoms with Gasteiger partial charge in [-0.1, -0.05) is 37.3 Å². The fourth-order valence-electron chi connectivity index (χ4n) is 4.58. The number of cyclic esters (lactones) is 1. The number of esters is 1. The molecule has 0 saturated carbocycles. The lowest BCUT2D eigenvalue weighted by atomic mass is 9.99. The van der Waals surface area contributed by atoms with Crippen molar-refractivity contribution >= 4 is 17.8 Å². The van der Waals surface area contributed by atoms with Gasteiger partial charge in [0.1, 0.15) is 41.6 Å². The number of carbonyl (C=O) groups excluding carboxylic acids is 2. The van der Waals surface area contributed by atoms with E-state index in [0.717, 1.165) is 11.3 Å². The van der Waals surface area contributed by atoms with E-state index in [9.17, 15) is 9.59 Å². The van der Waals surface area contributed by atoms with Crippen LogP contribution in [0, 0.1) is 5.92 Å². The molecule has 2 aromatic rings. The van der Waals surface area contributed by atoms with E-state index in [4.69, 9.17) is 33.2 Å². The van der Waals surface area contributed by atoms with Gasteiger partial charge in [0, 0.05) is 19.1 Å². The van der Waals surface area contributed by atoms with Gasteiger partial charge in [-0.25, -0.2) is 4.79 Å². The molecule has 0 N–H and O–H groups in total. The zero-order valence-corrected chi connectivity index (χ0v) is 24.4. The fourth-order valence-corrected chi connectivity index (χ4v) is 4.58. The molecule has 2 aliphatic rings. The Labute approximate surface area is 241 Å². The average molecular weight is 567 g/mol. The highest BCUT2D eigenvalue weighted by molar-refractivity contribution is 5.97. The molecule has 2 heterocycles. The van der Waals surface area contributed by atoms with Gasteiger partial charge in [0.05, 0.1) is 13.2 Å². The Morgan fingerprint density at radius 3 is 2.41 bits per heavy atom. The van der Waals surface area contributed by atoms with Gasteiger partial charge >= 0.3 is 5.97 Å². The SMILES string of the molecule is COCOc1cc(OCc2ccc(OC)cc2)cc2c1C(=O)OC(C)[C@H](C)C=CC(=O)C1OC(C)(C)OC1CC=C2. The second kappa shape index (κ2) is 13.3. The molecule has 3 unspecified atom stereocenters. The standard InChI is InChI=1S/C32H38O9/c1-20-10-15-26(33)30-27(40-32(3,4)41-30)9-7-8-23-16-25(37-18-22-11-13-24(36-6)14-12-22)17-28(38-19-35-5)29(23)31(34)39-21(20)2/h7-8,10-17,20-21,27,30H,9,18-19H2,1-6H3/t20-,21?,27?,30?/m1/s1. The van der Waals surface area contributed by atoms with Gasteiger partial charge in [0.2, 0.25) is 0 Å². The summed E-state index contributed by atoms with van der Waals surface area (Å²) >= 11 is 0. The molecule has 2 aliphatic heterocycles. The summed E-state index contributed by atoms with van der Waals surface area (Å²) < 4.78 is 40.1. The quantitative estimate of drug-likeness (QED) is 0.318. The summed E-state index contributed by atoms with van der Waals surface area (Å²) in [6.45, 7) is 7.43. The Balaban J connectivity index is 1.71. The molecule has 4 atom stereocenters. The summed E-state index contributed by atoms with van der Waals surface area (Å²) in [6, 6.07) is 11.0. The molecule has 0 bridgehead atoms. The van der Waals surface area contributed by atoms with Crippen LogP contribution in [0.1, 0.15) is 55.6 Å². The average Bonchev–Trinajstić information content (AvgIpc) is 3.27. The minimum Gasteiger partial charge on any atom is -0.497 e. The fraction of sp³-hybridized carbons (Fsp3) is 0.438. The van der Waals surface area contributed by atoms with Crippen molar-refractivity contribution in [3.05, 3.63) is 71.3 Å². The summed E-state index contributed by atoms with van der Waals surface area (Å²) in [6.07, 6.45) is 5.44. The number of rotatable bonds is 7. The summed E-state index contributed by atoms with van der Waals surface area (Å²) in [7, 11) is 3.11. The first kappa shape index (κ1) is 30.3. The Morgan fingerprint density at radius 1 is 0.951 bits per heavy atom. The second-order valence-corrected chi connectivity index (χ2v) is 10.5. The number of carbonyl (C=O) groups is 2. The van der Waals surface area contributed by atoms with E-state index in [-0.39, 0.29) is 36.4 Å². The van der Waals surface area contributed by atoms with E-state index in [1.165, 1.54) is 13.2 Å². The normalized spacial score (nSPS) is 24.1. The van der Waals surface area contributed by atoms with Crippen molar-refractivity contribution in [1.29, 1.82) is 0 Å². The van der Waals surface area contributed by atoms with Gasteiger partial charge in [-0.15, -0.1) is 0 Å². The lowest BCUT2D eigenvalue weighted by Crippen LogP contribution is -2.30. The maximum atomic E-state index is 13.5. The zero-order chi connectivity index (χ0) is 29.6. The van der Waals surface area contributed by atoms with Crippen molar-refractivity contribution in [2.45, 2.75) is 64.8 Å². The summed E-state index contributed by atoms with van der Waals surface area (Å²) in [5.74, 6) is -0.394. The lowest BCUT2D eigenvalue weighted by molar-refractivity contribution is -0.152. The molecule has 41 heavy (non-hydrogen) atoms. The van der Waals surface area contributed by atoms with Crippen LogP contribution in [0.3, 0.4) is 0 Å². The topological polar surface area (TPSA) is 98.8 Å². The van der Waals surface area contributed by atoms with Crippen LogP contribution in [0.25, 0.3) is 6.08 Å². The minimum atomic E-state index is -0.903. The van der Waals surface area contributed by atoms with Crippen LogP contribution in [0.2, 0.25) is 0 Å². The highest BCUT2D eigenvalue weighted by Crippen LogP contribution is 2.34. The molecule has 0 aliphatic carbocycles.